The lowest BCUT2D eigenvalue weighted by Crippen LogP contribution is -2.37. The van der Waals surface area contributed by atoms with Crippen molar-refractivity contribution in [2.24, 2.45) is 0 Å². The Morgan fingerprint density at radius 2 is 2.27 bits per heavy atom. The quantitative estimate of drug-likeness (QED) is 0.850. The van der Waals surface area contributed by atoms with Gasteiger partial charge in [0.15, 0.2) is 0 Å². The number of hydrogen-bond donors (Lipinski definition) is 1. The van der Waals surface area contributed by atoms with Gasteiger partial charge in [0.25, 0.3) is 0 Å². The van der Waals surface area contributed by atoms with Crippen molar-refractivity contribution in [3.8, 4) is 6.07 Å². The second kappa shape index (κ2) is 4.78. The lowest BCUT2D eigenvalue weighted by molar-refractivity contribution is 0.463. The number of rotatable bonds is 4. The maximum absolute atomic E-state index is 8.71. The van der Waals surface area contributed by atoms with E-state index in [4.69, 9.17) is 5.26 Å². The monoisotopic (exact) mass is 222 g/mol. The van der Waals surface area contributed by atoms with Crippen LogP contribution in [0.5, 0.6) is 0 Å². The summed E-state index contributed by atoms with van der Waals surface area (Å²) in [5.74, 6) is 0. The van der Waals surface area contributed by atoms with Crippen LogP contribution in [-0.2, 0) is 5.41 Å². The van der Waals surface area contributed by atoms with Crippen LogP contribution in [0.2, 0.25) is 0 Å². The Hall–Kier alpha value is -0.850. The van der Waals surface area contributed by atoms with Gasteiger partial charge in [0.05, 0.1) is 12.1 Å². The Morgan fingerprint density at radius 3 is 2.73 bits per heavy atom. The molecule has 0 aromatic carbocycles. The van der Waals surface area contributed by atoms with Crippen molar-refractivity contribution in [2.45, 2.75) is 39.2 Å². The predicted molar refractivity (Wildman–Crippen MR) is 65.2 cm³/mol. The van der Waals surface area contributed by atoms with Crippen LogP contribution in [-0.4, -0.2) is 12.6 Å². The van der Waals surface area contributed by atoms with E-state index in [0.717, 1.165) is 6.54 Å². The van der Waals surface area contributed by atoms with Crippen molar-refractivity contribution in [2.75, 3.05) is 6.54 Å². The zero-order valence-corrected chi connectivity index (χ0v) is 10.6. The highest BCUT2D eigenvalue weighted by molar-refractivity contribution is 7.10. The Labute approximate surface area is 95.9 Å². The lowest BCUT2D eigenvalue weighted by Gasteiger charge is -2.25. The Morgan fingerprint density at radius 1 is 1.60 bits per heavy atom. The van der Waals surface area contributed by atoms with Gasteiger partial charge in [-0.15, -0.1) is 11.3 Å². The molecular weight excluding hydrogens is 204 g/mol. The fourth-order valence-corrected chi connectivity index (χ4v) is 2.65. The Bertz CT molecular complexity index is 360. The summed E-state index contributed by atoms with van der Waals surface area (Å²) in [7, 11) is 0. The van der Waals surface area contributed by atoms with Gasteiger partial charge in [0.1, 0.15) is 0 Å². The number of hydrogen-bond acceptors (Lipinski definition) is 3. The number of nitrogens with zero attached hydrogens (tertiary/aromatic N) is 1. The minimum absolute atomic E-state index is 0.0791. The molecule has 1 unspecified atom stereocenters. The first kappa shape index (κ1) is 12.2. The van der Waals surface area contributed by atoms with E-state index in [-0.39, 0.29) is 11.5 Å². The maximum atomic E-state index is 8.71. The van der Waals surface area contributed by atoms with Gasteiger partial charge in [0, 0.05) is 16.8 Å². The summed E-state index contributed by atoms with van der Waals surface area (Å²) in [5.41, 5.74) is 1.44. The molecule has 1 aromatic rings. The molecular formula is C12H18N2S. The molecule has 1 N–H and O–H groups in total. The topological polar surface area (TPSA) is 35.8 Å². The van der Waals surface area contributed by atoms with E-state index in [1.54, 1.807) is 11.3 Å². The minimum Gasteiger partial charge on any atom is -0.301 e. The molecule has 0 aliphatic carbocycles. The van der Waals surface area contributed by atoms with Gasteiger partial charge in [-0.3, -0.25) is 0 Å². The predicted octanol–water partition coefficient (Wildman–Crippen LogP) is 2.84. The van der Waals surface area contributed by atoms with Gasteiger partial charge < -0.3 is 5.32 Å². The summed E-state index contributed by atoms with van der Waals surface area (Å²) >= 11 is 1.79. The zero-order chi connectivity index (χ0) is 11.5. The van der Waals surface area contributed by atoms with Gasteiger partial charge in [-0.25, -0.2) is 0 Å². The van der Waals surface area contributed by atoms with Crippen molar-refractivity contribution in [1.29, 1.82) is 5.26 Å². The van der Waals surface area contributed by atoms with E-state index in [2.05, 4.69) is 43.6 Å². The van der Waals surface area contributed by atoms with Crippen LogP contribution in [0.25, 0.3) is 0 Å². The molecule has 1 rings (SSSR count). The first-order valence-corrected chi connectivity index (χ1v) is 6.03. The molecule has 3 heteroatoms. The molecule has 0 aliphatic rings. The Balaban J connectivity index is 2.68. The molecule has 82 valence electrons. The standard InChI is InChI=1S/C12H18N2S/c1-9-5-6-15-11(9)12(3,4)8-14-10(2)7-13/h5-6,10,14H,8H2,1-4H3. The van der Waals surface area contributed by atoms with Crippen LogP contribution >= 0.6 is 11.3 Å². The third kappa shape index (κ3) is 3.05. The highest BCUT2D eigenvalue weighted by Gasteiger charge is 2.23. The van der Waals surface area contributed by atoms with Gasteiger partial charge in [-0.1, -0.05) is 13.8 Å². The molecule has 1 atom stereocenters. The normalized spacial score (nSPS) is 13.5. The first-order chi connectivity index (χ1) is 6.97. The molecule has 15 heavy (non-hydrogen) atoms. The van der Waals surface area contributed by atoms with E-state index in [0.29, 0.717) is 0 Å². The van der Waals surface area contributed by atoms with Gasteiger partial charge >= 0.3 is 0 Å². The fraction of sp³-hybridized carbons (Fsp3) is 0.583. The van der Waals surface area contributed by atoms with E-state index < -0.39 is 0 Å². The van der Waals surface area contributed by atoms with Crippen LogP contribution in [0.3, 0.4) is 0 Å². The molecule has 0 saturated heterocycles. The fourth-order valence-electron chi connectivity index (χ4n) is 1.60. The molecule has 0 aliphatic heterocycles. The van der Waals surface area contributed by atoms with Crippen molar-refractivity contribution >= 4 is 11.3 Å². The summed E-state index contributed by atoms with van der Waals surface area (Å²) in [5, 5.41) is 14.1. The van der Waals surface area contributed by atoms with Crippen molar-refractivity contribution < 1.29 is 0 Å². The van der Waals surface area contributed by atoms with E-state index in [1.165, 1.54) is 10.4 Å². The smallest absolute Gasteiger partial charge is 0.0924 e. The third-order valence-electron chi connectivity index (χ3n) is 2.52. The third-order valence-corrected chi connectivity index (χ3v) is 3.90. The van der Waals surface area contributed by atoms with Crippen molar-refractivity contribution in [3.05, 3.63) is 21.9 Å². The number of nitriles is 1. The maximum Gasteiger partial charge on any atom is 0.0924 e. The van der Waals surface area contributed by atoms with Crippen molar-refractivity contribution in [3.63, 3.8) is 0 Å². The van der Waals surface area contributed by atoms with E-state index in [9.17, 15) is 0 Å². The highest BCUT2D eigenvalue weighted by Crippen LogP contribution is 2.30. The van der Waals surface area contributed by atoms with Crippen molar-refractivity contribution in [1.82, 2.24) is 5.32 Å². The average molecular weight is 222 g/mol. The summed E-state index contributed by atoms with van der Waals surface area (Å²) in [6.45, 7) is 9.29. The average Bonchev–Trinajstić information content (AvgIpc) is 2.61. The van der Waals surface area contributed by atoms with Gasteiger partial charge in [0.2, 0.25) is 0 Å². The van der Waals surface area contributed by atoms with Crippen LogP contribution in [0.15, 0.2) is 11.4 Å². The highest BCUT2D eigenvalue weighted by atomic mass is 32.1. The molecule has 0 amide bonds. The number of thiophene rings is 1. The van der Waals surface area contributed by atoms with Gasteiger partial charge in [-0.05, 0) is 30.9 Å². The summed E-state index contributed by atoms with van der Waals surface area (Å²) in [6.07, 6.45) is 0. The Kier molecular flexibility index (Phi) is 3.90. The van der Waals surface area contributed by atoms with Crippen LogP contribution in [0, 0.1) is 18.3 Å². The second-order valence-corrected chi connectivity index (χ2v) is 5.46. The molecule has 0 saturated carbocycles. The lowest BCUT2D eigenvalue weighted by atomic mass is 9.89. The number of aryl methyl sites for hydroxylation is 1. The van der Waals surface area contributed by atoms with Crippen LogP contribution in [0.1, 0.15) is 31.2 Å². The molecule has 0 spiro atoms. The SMILES string of the molecule is Cc1ccsc1C(C)(C)CNC(C)C#N. The van der Waals surface area contributed by atoms with E-state index in [1.807, 2.05) is 6.92 Å². The van der Waals surface area contributed by atoms with Crippen LogP contribution in [0.4, 0.5) is 0 Å². The van der Waals surface area contributed by atoms with Crippen LogP contribution < -0.4 is 5.32 Å². The molecule has 2 nitrogen and oxygen atoms in total. The minimum atomic E-state index is -0.0791. The molecule has 1 aromatic heterocycles. The largest absolute Gasteiger partial charge is 0.301 e. The van der Waals surface area contributed by atoms with Gasteiger partial charge in [-0.2, -0.15) is 5.26 Å². The van der Waals surface area contributed by atoms with E-state index >= 15 is 0 Å². The summed E-state index contributed by atoms with van der Waals surface area (Å²) < 4.78 is 0. The zero-order valence-electron chi connectivity index (χ0n) is 9.79. The molecule has 0 radical (unpaired) electrons. The molecule has 0 bridgehead atoms. The summed E-state index contributed by atoms with van der Waals surface area (Å²) in [6, 6.07) is 4.26. The molecule has 1 heterocycles. The first-order valence-electron chi connectivity index (χ1n) is 5.15. The summed E-state index contributed by atoms with van der Waals surface area (Å²) in [4.78, 5) is 1.40. The number of nitrogens with one attached hydrogen (secondary N) is 1. The molecule has 0 fully saturated rings. The second-order valence-electron chi connectivity index (χ2n) is 4.55.